The lowest BCUT2D eigenvalue weighted by Gasteiger charge is -2.28. The first-order valence-electron chi connectivity index (χ1n) is 8.33. The van der Waals surface area contributed by atoms with Crippen LogP contribution in [0, 0.1) is 18.7 Å². The van der Waals surface area contributed by atoms with E-state index in [2.05, 4.69) is 15.3 Å². The van der Waals surface area contributed by atoms with Gasteiger partial charge in [-0.3, -0.25) is 9.69 Å². The number of aryl methyl sites for hydroxylation is 1. The number of hydrogen-bond donors (Lipinski definition) is 2. The van der Waals surface area contributed by atoms with Gasteiger partial charge in [-0.2, -0.15) is 0 Å². The van der Waals surface area contributed by atoms with Crippen LogP contribution in [0.3, 0.4) is 0 Å². The van der Waals surface area contributed by atoms with E-state index in [1.807, 2.05) is 26.8 Å². The molecule has 2 atom stereocenters. The van der Waals surface area contributed by atoms with Gasteiger partial charge < -0.3 is 10.3 Å². The molecule has 0 saturated carbocycles. The van der Waals surface area contributed by atoms with Crippen molar-refractivity contribution in [3.63, 3.8) is 0 Å². The summed E-state index contributed by atoms with van der Waals surface area (Å²) in [5.41, 5.74) is 1.76. The molecule has 0 spiro atoms. The van der Waals surface area contributed by atoms with Crippen LogP contribution >= 0.6 is 0 Å². The number of urea groups is 1. The van der Waals surface area contributed by atoms with Crippen molar-refractivity contribution >= 4 is 11.9 Å². The smallest absolute Gasteiger partial charge is 0.325 e. The van der Waals surface area contributed by atoms with Crippen molar-refractivity contribution < 1.29 is 14.0 Å². The lowest BCUT2D eigenvalue weighted by molar-refractivity contribution is -0.127. The van der Waals surface area contributed by atoms with E-state index in [1.54, 1.807) is 6.07 Å². The van der Waals surface area contributed by atoms with Gasteiger partial charge in [-0.1, -0.05) is 26.3 Å². The van der Waals surface area contributed by atoms with Gasteiger partial charge in [-0.05, 0) is 30.5 Å². The van der Waals surface area contributed by atoms with E-state index in [-0.39, 0.29) is 24.2 Å². The molecule has 2 N–H and O–H groups in total. The number of carbonyl (C=O) groups is 2. The molecule has 2 aromatic rings. The molecule has 1 aromatic heterocycles. The number of H-pyrrole nitrogens is 1. The minimum atomic E-state index is -0.512. The van der Waals surface area contributed by atoms with Crippen molar-refractivity contribution in [3.05, 3.63) is 41.6 Å². The first-order chi connectivity index (χ1) is 11.9. The van der Waals surface area contributed by atoms with Crippen LogP contribution in [0.1, 0.15) is 37.7 Å². The van der Waals surface area contributed by atoms with E-state index in [4.69, 9.17) is 0 Å². The monoisotopic (exact) mass is 344 g/mol. The molecular weight excluding hydrogens is 323 g/mol. The number of halogens is 1. The number of hydrogen-bond acceptors (Lipinski definition) is 3. The second kappa shape index (κ2) is 6.66. The number of imidazole rings is 1. The maximum atomic E-state index is 14.2. The molecule has 0 aliphatic carbocycles. The fourth-order valence-corrected chi connectivity index (χ4v) is 3.05. The maximum Gasteiger partial charge on any atom is 0.325 e. The normalized spacial score (nSPS) is 16.9. The van der Waals surface area contributed by atoms with Crippen molar-refractivity contribution in [1.82, 2.24) is 20.2 Å². The van der Waals surface area contributed by atoms with E-state index in [0.717, 1.165) is 12.0 Å². The van der Waals surface area contributed by atoms with Crippen molar-refractivity contribution in [2.45, 2.75) is 33.2 Å². The van der Waals surface area contributed by atoms with E-state index >= 15 is 0 Å². The van der Waals surface area contributed by atoms with Gasteiger partial charge in [0.2, 0.25) is 0 Å². The van der Waals surface area contributed by atoms with Gasteiger partial charge in [0.15, 0.2) is 0 Å². The minimum Gasteiger partial charge on any atom is -0.340 e. The largest absolute Gasteiger partial charge is 0.340 e. The Morgan fingerprint density at radius 2 is 2.12 bits per heavy atom. The van der Waals surface area contributed by atoms with E-state index in [0.29, 0.717) is 17.1 Å². The molecule has 132 valence electrons. The molecule has 1 saturated heterocycles. The van der Waals surface area contributed by atoms with Crippen LogP contribution in [0.5, 0.6) is 0 Å². The molecule has 25 heavy (non-hydrogen) atoms. The third kappa shape index (κ3) is 3.14. The summed E-state index contributed by atoms with van der Waals surface area (Å²) >= 11 is 0. The average molecular weight is 344 g/mol. The third-order valence-electron chi connectivity index (χ3n) is 4.63. The topological polar surface area (TPSA) is 78.1 Å². The Hall–Kier alpha value is -2.70. The number of nitrogens with one attached hydrogen (secondary N) is 2. The number of imide groups is 1. The second-order valence-electron chi connectivity index (χ2n) is 6.42. The Morgan fingerprint density at radius 3 is 2.72 bits per heavy atom. The van der Waals surface area contributed by atoms with E-state index in [1.165, 1.54) is 17.2 Å². The van der Waals surface area contributed by atoms with Gasteiger partial charge in [0, 0.05) is 5.56 Å². The number of nitrogens with zero attached hydrogens (tertiary/aromatic N) is 2. The zero-order valence-corrected chi connectivity index (χ0v) is 14.5. The van der Waals surface area contributed by atoms with Crippen molar-refractivity contribution in [1.29, 1.82) is 0 Å². The van der Waals surface area contributed by atoms with E-state index < -0.39 is 12.1 Å². The van der Waals surface area contributed by atoms with Crippen LogP contribution in [0.15, 0.2) is 24.4 Å². The SMILES string of the molecule is CCC(C)C(c1ncc(-c2ccc(C)cc2F)[nH]1)N1C(=O)CNC1=O. The molecule has 1 aromatic carbocycles. The summed E-state index contributed by atoms with van der Waals surface area (Å²) in [6.07, 6.45) is 2.30. The van der Waals surface area contributed by atoms with Crippen molar-refractivity contribution in [3.8, 4) is 11.3 Å². The molecule has 0 radical (unpaired) electrons. The van der Waals surface area contributed by atoms with Gasteiger partial charge in [0.05, 0.1) is 18.4 Å². The summed E-state index contributed by atoms with van der Waals surface area (Å²) < 4.78 is 14.2. The molecule has 7 heteroatoms. The van der Waals surface area contributed by atoms with Crippen molar-refractivity contribution in [2.24, 2.45) is 5.92 Å². The van der Waals surface area contributed by atoms with Gasteiger partial charge in [0.1, 0.15) is 17.7 Å². The highest BCUT2D eigenvalue weighted by molar-refractivity contribution is 6.02. The van der Waals surface area contributed by atoms with Gasteiger partial charge in [0.25, 0.3) is 5.91 Å². The highest BCUT2D eigenvalue weighted by Crippen LogP contribution is 2.32. The van der Waals surface area contributed by atoms with Gasteiger partial charge >= 0.3 is 6.03 Å². The zero-order valence-electron chi connectivity index (χ0n) is 14.5. The molecular formula is C18H21FN4O2. The number of carbonyl (C=O) groups excluding carboxylic acids is 2. The summed E-state index contributed by atoms with van der Waals surface area (Å²) in [5, 5.41) is 2.54. The highest BCUT2D eigenvalue weighted by atomic mass is 19.1. The lowest BCUT2D eigenvalue weighted by atomic mass is 9.97. The molecule has 3 rings (SSSR count). The third-order valence-corrected chi connectivity index (χ3v) is 4.63. The van der Waals surface area contributed by atoms with Crippen LogP contribution in [0.2, 0.25) is 0 Å². The summed E-state index contributed by atoms with van der Waals surface area (Å²) in [4.78, 5) is 32.9. The molecule has 2 heterocycles. The number of amides is 3. The van der Waals surface area contributed by atoms with Crippen LogP contribution < -0.4 is 5.32 Å². The average Bonchev–Trinajstić information content (AvgIpc) is 3.17. The number of aromatic amines is 1. The van der Waals surface area contributed by atoms with Crippen LogP contribution in [0.25, 0.3) is 11.3 Å². The first kappa shape index (κ1) is 17.1. The van der Waals surface area contributed by atoms with E-state index in [9.17, 15) is 14.0 Å². The summed E-state index contributed by atoms with van der Waals surface area (Å²) in [6, 6.07) is 4.03. The van der Waals surface area contributed by atoms with Gasteiger partial charge in [-0.15, -0.1) is 0 Å². The molecule has 3 amide bonds. The molecule has 6 nitrogen and oxygen atoms in total. The van der Waals surface area contributed by atoms with Crippen LogP contribution in [0.4, 0.5) is 9.18 Å². The predicted octanol–water partition coefficient (Wildman–Crippen LogP) is 3.16. The van der Waals surface area contributed by atoms with Crippen molar-refractivity contribution in [2.75, 3.05) is 6.54 Å². The minimum absolute atomic E-state index is 0.00801. The Morgan fingerprint density at radius 1 is 1.36 bits per heavy atom. The van der Waals surface area contributed by atoms with Gasteiger partial charge in [-0.25, -0.2) is 14.2 Å². The first-order valence-corrected chi connectivity index (χ1v) is 8.33. The summed E-state index contributed by atoms with van der Waals surface area (Å²) in [7, 11) is 0. The highest BCUT2D eigenvalue weighted by Gasteiger charge is 2.39. The Bertz CT molecular complexity index is 801. The molecule has 2 unspecified atom stereocenters. The predicted molar refractivity (Wildman–Crippen MR) is 91.2 cm³/mol. The summed E-state index contributed by atoms with van der Waals surface area (Å²) in [5.74, 6) is -0.135. The maximum absolute atomic E-state index is 14.2. The standard InChI is InChI=1S/C18H21FN4O2/c1-4-11(3)16(23-15(24)9-21-18(23)25)17-20-8-14(22-17)12-6-5-10(2)7-13(12)19/h5-8,11,16H,4,9H2,1-3H3,(H,20,22)(H,21,25). The number of benzene rings is 1. The zero-order chi connectivity index (χ0) is 18.1. The molecule has 0 bridgehead atoms. The quantitative estimate of drug-likeness (QED) is 0.818. The Kier molecular flexibility index (Phi) is 4.57. The summed E-state index contributed by atoms with van der Waals surface area (Å²) in [6.45, 7) is 5.76. The molecule has 1 fully saturated rings. The fraction of sp³-hybridized carbons (Fsp3) is 0.389. The molecule has 1 aliphatic heterocycles. The Balaban J connectivity index is 1.99. The molecule has 1 aliphatic rings. The fourth-order valence-electron chi connectivity index (χ4n) is 3.05. The van der Waals surface area contributed by atoms with Crippen LogP contribution in [-0.4, -0.2) is 33.4 Å². The Labute approximate surface area is 145 Å². The second-order valence-corrected chi connectivity index (χ2v) is 6.42. The van der Waals surface area contributed by atoms with Crippen LogP contribution in [-0.2, 0) is 4.79 Å². The lowest BCUT2D eigenvalue weighted by Crippen LogP contribution is -2.38. The number of rotatable bonds is 5. The number of aromatic nitrogens is 2.